The molecule has 0 saturated heterocycles. The molecule has 1 rings (SSSR count). The monoisotopic (exact) mass is 228 g/mol. The van der Waals surface area contributed by atoms with Gasteiger partial charge in [0.25, 0.3) is 0 Å². The van der Waals surface area contributed by atoms with E-state index in [-0.39, 0.29) is 24.3 Å². The van der Waals surface area contributed by atoms with Gasteiger partial charge in [0.15, 0.2) is 0 Å². The summed E-state index contributed by atoms with van der Waals surface area (Å²) in [5.74, 6) is -0.446. The summed E-state index contributed by atoms with van der Waals surface area (Å²) in [6.07, 6.45) is 2.43. The summed E-state index contributed by atoms with van der Waals surface area (Å²) in [6.45, 7) is 2.38. The van der Waals surface area contributed by atoms with Crippen molar-refractivity contribution in [1.29, 1.82) is 0 Å². The van der Waals surface area contributed by atoms with E-state index in [0.29, 0.717) is 18.9 Å². The highest BCUT2D eigenvalue weighted by Gasteiger charge is 2.33. The number of carbonyl (C=O) groups is 2. The molecule has 0 aromatic carbocycles. The maximum Gasteiger partial charge on any atom is 0.305 e. The standard InChI is InChI=1S/C11H20N2O3/c1-7(6-12)4-10(14)13-9(5-11(15)16)8-2-3-8/h7-9H,2-6,12H2,1H3,(H,13,14)(H,15,16). The molecule has 0 radical (unpaired) electrons. The first-order valence-electron chi connectivity index (χ1n) is 5.74. The van der Waals surface area contributed by atoms with E-state index in [1.165, 1.54) is 0 Å². The molecule has 0 bridgehead atoms. The molecule has 5 nitrogen and oxygen atoms in total. The molecule has 0 aromatic rings. The minimum Gasteiger partial charge on any atom is -0.481 e. The van der Waals surface area contributed by atoms with E-state index in [1.54, 1.807) is 0 Å². The number of nitrogens with one attached hydrogen (secondary N) is 1. The van der Waals surface area contributed by atoms with Gasteiger partial charge in [0.2, 0.25) is 5.91 Å². The smallest absolute Gasteiger partial charge is 0.305 e. The van der Waals surface area contributed by atoms with Crippen LogP contribution in [0.4, 0.5) is 0 Å². The minimum absolute atomic E-state index is 0.0212. The molecule has 2 atom stereocenters. The molecule has 0 heterocycles. The Morgan fingerprint density at radius 3 is 2.50 bits per heavy atom. The molecule has 0 aromatic heterocycles. The van der Waals surface area contributed by atoms with Crippen LogP contribution in [-0.4, -0.2) is 29.6 Å². The number of hydrogen-bond donors (Lipinski definition) is 3. The second-order valence-corrected chi connectivity index (χ2v) is 4.65. The Kier molecular flexibility index (Phi) is 4.73. The topological polar surface area (TPSA) is 92.4 Å². The molecule has 1 aliphatic carbocycles. The quantitative estimate of drug-likeness (QED) is 0.586. The van der Waals surface area contributed by atoms with Gasteiger partial charge in [-0.25, -0.2) is 0 Å². The summed E-state index contributed by atoms with van der Waals surface area (Å²) < 4.78 is 0. The van der Waals surface area contributed by atoms with Crippen molar-refractivity contribution in [2.24, 2.45) is 17.6 Å². The molecule has 5 heteroatoms. The van der Waals surface area contributed by atoms with Crippen molar-refractivity contribution in [3.63, 3.8) is 0 Å². The molecular formula is C11H20N2O3. The van der Waals surface area contributed by atoms with Crippen molar-refractivity contribution in [3.8, 4) is 0 Å². The summed E-state index contributed by atoms with van der Waals surface area (Å²) in [4.78, 5) is 22.2. The van der Waals surface area contributed by atoms with Crippen molar-refractivity contribution >= 4 is 11.9 Å². The van der Waals surface area contributed by atoms with Gasteiger partial charge in [-0.2, -0.15) is 0 Å². The van der Waals surface area contributed by atoms with Crippen LogP contribution >= 0.6 is 0 Å². The molecule has 2 unspecified atom stereocenters. The lowest BCUT2D eigenvalue weighted by Gasteiger charge is -2.17. The zero-order valence-electron chi connectivity index (χ0n) is 9.61. The van der Waals surface area contributed by atoms with E-state index >= 15 is 0 Å². The van der Waals surface area contributed by atoms with E-state index < -0.39 is 5.97 Å². The third-order valence-electron chi connectivity index (χ3n) is 2.87. The minimum atomic E-state index is -0.857. The number of hydrogen-bond acceptors (Lipinski definition) is 3. The Hall–Kier alpha value is -1.10. The first-order chi connectivity index (χ1) is 7.52. The number of carbonyl (C=O) groups excluding carboxylic acids is 1. The fourth-order valence-corrected chi connectivity index (χ4v) is 1.69. The van der Waals surface area contributed by atoms with Crippen LogP contribution in [0.1, 0.15) is 32.6 Å². The average molecular weight is 228 g/mol. The van der Waals surface area contributed by atoms with Crippen LogP contribution in [0.25, 0.3) is 0 Å². The summed E-state index contributed by atoms with van der Waals surface area (Å²) in [7, 11) is 0. The average Bonchev–Trinajstić information content (AvgIpc) is 2.98. The Morgan fingerprint density at radius 2 is 2.06 bits per heavy atom. The number of rotatable bonds is 7. The third kappa shape index (κ3) is 4.61. The Balaban J connectivity index is 2.35. The molecule has 16 heavy (non-hydrogen) atoms. The zero-order valence-corrected chi connectivity index (χ0v) is 9.61. The third-order valence-corrected chi connectivity index (χ3v) is 2.87. The summed E-state index contributed by atoms with van der Waals surface area (Å²) >= 11 is 0. The number of amides is 1. The van der Waals surface area contributed by atoms with E-state index in [2.05, 4.69) is 5.32 Å². The van der Waals surface area contributed by atoms with Gasteiger partial charge in [-0.05, 0) is 31.2 Å². The fraction of sp³-hybridized carbons (Fsp3) is 0.818. The van der Waals surface area contributed by atoms with Gasteiger partial charge in [0.1, 0.15) is 0 Å². The predicted molar refractivity (Wildman–Crippen MR) is 59.7 cm³/mol. The first kappa shape index (κ1) is 13.0. The highest BCUT2D eigenvalue weighted by Crippen LogP contribution is 2.34. The molecular weight excluding hydrogens is 208 g/mol. The lowest BCUT2D eigenvalue weighted by Crippen LogP contribution is -2.39. The highest BCUT2D eigenvalue weighted by atomic mass is 16.4. The lowest BCUT2D eigenvalue weighted by atomic mass is 10.1. The molecule has 0 aliphatic heterocycles. The molecule has 1 aliphatic rings. The van der Waals surface area contributed by atoms with Crippen LogP contribution in [0.15, 0.2) is 0 Å². The van der Waals surface area contributed by atoms with Crippen LogP contribution < -0.4 is 11.1 Å². The molecule has 1 amide bonds. The van der Waals surface area contributed by atoms with Crippen LogP contribution in [0.5, 0.6) is 0 Å². The number of nitrogens with two attached hydrogens (primary N) is 1. The van der Waals surface area contributed by atoms with Crippen molar-refractivity contribution in [2.45, 2.75) is 38.6 Å². The second kappa shape index (κ2) is 5.84. The van der Waals surface area contributed by atoms with Crippen LogP contribution in [0.3, 0.4) is 0 Å². The number of carboxylic acid groups (broad SMARTS) is 1. The van der Waals surface area contributed by atoms with Gasteiger partial charge < -0.3 is 16.2 Å². The van der Waals surface area contributed by atoms with E-state index in [4.69, 9.17) is 10.8 Å². The number of carboxylic acids is 1. The fourth-order valence-electron chi connectivity index (χ4n) is 1.69. The maximum atomic E-state index is 11.6. The van der Waals surface area contributed by atoms with E-state index in [0.717, 1.165) is 12.8 Å². The molecule has 1 saturated carbocycles. The van der Waals surface area contributed by atoms with Crippen molar-refractivity contribution in [2.75, 3.05) is 6.54 Å². The largest absolute Gasteiger partial charge is 0.481 e. The maximum absolute atomic E-state index is 11.6. The number of aliphatic carboxylic acids is 1. The highest BCUT2D eigenvalue weighted by molar-refractivity contribution is 5.77. The van der Waals surface area contributed by atoms with Crippen molar-refractivity contribution < 1.29 is 14.7 Å². The van der Waals surface area contributed by atoms with Crippen LogP contribution in [-0.2, 0) is 9.59 Å². The Bertz CT molecular complexity index is 264. The van der Waals surface area contributed by atoms with Gasteiger partial charge >= 0.3 is 5.97 Å². The van der Waals surface area contributed by atoms with Gasteiger partial charge in [-0.3, -0.25) is 9.59 Å². The van der Waals surface area contributed by atoms with Gasteiger partial charge in [-0.15, -0.1) is 0 Å². The second-order valence-electron chi connectivity index (χ2n) is 4.65. The zero-order chi connectivity index (χ0) is 12.1. The predicted octanol–water partition coefficient (Wildman–Crippen LogP) is 0.341. The molecule has 4 N–H and O–H groups in total. The van der Waals surface area contributed by atoms with Crippen LogP contribution in [0.2, 0.25) is 0 Å². The molecule has 0 spiro atoms. The summed E-state index contributed by atoms with van der Waals surface area (Å²) in [6, 6.07) is -0.199. The normalized spacial score (nSPS) is 18.9. The van der Waals surface area contributed by atoms with Crippen LogP contribution in [0, 0.1) is 11.8 Å². The van der Waals surface area contributed by atoms with Gasteiger partial charge in [0.05, 0.1) is 6.42 Å². The van der Waals surface area contributed by atoms with Gasteiger partial charge in [-0.1, -0.05) is 6.92 Å². The lowest BCUT2D eigenvalue weighted by molar-refractivity contribution is -0.137. The van der Waals surface area contributed by atoms with Crippen molar-refractivity contribution in [3.05, 3.63) is 0 Å². The SMILES string of the molecule is CC(CN)CC(=O)NC(CC(=O)O)C1CC1. The summed E-state index contributed by atoms with van der Waals surface area (Å²) in [5, 5.41) is 11.5. The molecule has 92 valence electrons. The van der Waals surface area contributed by atoms with Gasteiger partial charge in [0, 0.05) is 12.5 Å². The van der Waals surface area contributed by atoms with Crippen molar-refractivity contribution in [1.82, 2.24) is 5.32 Å². The Labute approximate surface area is 95.4 Å². The van der Waals surface area contributed by atoms with E-state index in [9.17, 15) is 9.59 Å². The Morgan fingerprint density at radius 1 is 1.44 bits per heavy atom. The summed E-state index contributed by atoms with van der Waals surface area (Å²) in [5.41, 5.74) is 5.43. The molecule has 1 fully saturated rings. The first-order valence-corrected chi connectivity index (χ1v) is 5.74. The van der Waals surface area contributed by atoms with E-state index in [1.807, 2.05) is 6.92 Å².